The molecule has 24 heavy (non-hydrogen) atoms. The lowest BCUT2D eigenvalue weighted by Gasteiger charge is -2.10. The molecule has 3 heterocycles. The van der Waals surface area contributed by atoms with E-state index >= 15 is 0 Å². The van der Waals surface area contributed by atoms with E-state index in [9.17, 15) is 0 Å². The van der Waals surface area contributed by atoms with E-state index in [1.807, 2.05) is 25.3 Å². The van der Waals surface area contributed by atoms with Gasteiger partial charge in [0.15, 0.2) is 0 Å². The molecule has 3 aromatic rings. The van der Waals surface area contributed by atoms with E-state index < -0.39 is 0 Å². The van der Waals surface area contributed by atoms with E-state index in [0.29, 0.717) is 0 Å². The Kier molecular flexibility index (Phi) is 4.12. The Balaban J connectivity index is 1.75. The minimum absolute atomic E-state index is 0.923. The SMILES string of the molecule is CON=C1CCCc2sc(-c3sc(-c4cccnc4)nc3C)nc21. The molecule has 0 atom stereocenters. The highest BCUT2D eigenvalue weighted by atomic mass is 32.1. The molecule has 0 saturated carbocycles. The van der Waals surface area contributed by atoms with E-state index in [-0.39, 0.29) is 0 Å². The molecule has 1 aliphatic rings. The van der Waals surface area contributed by atoms with Crippen molar-refractivity contribution in [2.75, 3.05) is 7.11 Å². The third-order valence-corrected chi connectivity index (χ3v) is 6.36. The van der Waals surface area contributed by atoms with Crippen molar-refractivity contribution < 1.29 is 4.84 Å². The molecule has 0 bridgehead atoms. The van der Waals surface area contributed by atoms with E-state index in [2.05, 4.69) is 10.1 Å². The van der Waals surface area contributed by atoms with Crippen LogP contribution in [0.25, 0.3) is 20.5 Å². The highest BCUT2D eigenvalue weighted by Gasteiger charge is 2.24. The third kappa shape index (κ3) is 2.74. The monoisotopic (exact) mass is 356 g/mol. The number of thiazole rings is 2. The Morgan fingerprint density at radius 2 is 2.08 bits per heavy atom. The van der Waals surface area contributed by atoms with Gasteiger partial charge in [0.1, 0.15) is 28.5 Å². The van der Waals surface area contributed by atoms with E-state index in [0.717, 1.165) is 56.8 Å². The van der Waals surface area contributed by atoms with Crippen LogP contribution in [0, 0.1) is 6.92 Å². The number of fused-ring (bicyclic) bond motifs is 1. The first kappa shape index (κ1) is 15.4. The maximum Gasteiger partial charge on any atom is 0.136 e. The van der Waals surface area contributed by atoms with Crippen LogP contribution in [0.2, 0.25) is 0 Å². The lowest BCUT2D eigenvalue weighted by atomic mass is 10.0. The van der Waals surface area contributed by atoms with Crippen LogP contribution in [-0.2, 0) is 11.3 Å². The average Bonchev–Trinajstić information content (AvgIpc) is 3.20. The third-order valence-electron chi connectivity index (χ3n) is 3.89. The Morgan fingerprint density at radius 1 is 1.17 bits per heavy atom. The molecular formula is C17H16N4OS2. The summed E-state index contributed by atoms with van der Waals surface area (Å²) >= 11 is 3.42. The smallest absolute Gasteiger partial charge is 0.136 e. The topological polar surface area (TPSA) is 60.3 Å². The molecule has 0 amide bonds. The lowest BCUT2D eigenvalue weighted by Crippen LogP contribution is -2.10. The molecule has 5 nitrogen and oxygen atoms in total. The quantitative estimate of drug-likeness (QED) is 0.656. The minimum Gasteiger partial charge on any atom is -0.399 e. The summed E-state index contributed by atoms with van der Waals surface area (Å²) in [5.74, 6) is 0. The van der Waals surface area contributed by atoms with Gasteiger partial charge in [0.05, 0.1) is 10.6 Å². The Bertz CT molecular complexity index is 899. The zero-order valence-corrected chi connectivity index (χ0v) is 15.1. The molecule has 0 aromatic carbocycles. The van der Waals surface area contributed by atoms with Crippen LogP contribution >= 0.6 is 22.7 Å². The first-order valence-electron chi connectivity index (χ1n) is 7.74. The van der Waals surface area contributed by atoms with Gasteiger partial charge in [-0.2, -0.15) is 0 Å². The summed E-state index contributed by atoms with van der Waals surface area (Å²) in [5.41, 5.74) is 4.00. The maximum atomic E-state index is 4.97. The van der Waals surface area contributed by atoms with Gasteiger partial charge in [-0.3, -0.25) is 4.98 Å². The van der Waals surface area contributed by atoms with Crippen LogP contribution in [0.3, 0.4) is 0 Å². The van der Waals surface area contributed by atoms with Gasteiger partial charge in [-0.15, -0.1) is 22.7 Å². The van der Waals surface area contributed by atoms with E-state index in [1.54, 1.807) is 36.0 Å². The Morgan fingerprint density at radius 3 is 2.88 bits per heavy atom. The number of pyridine rings is 1. The van der Waals surface area contributed by atoms with Crippen LogP contribution in [0.5, 0.6) is 0 Å². The van der Waals surface area contributed by atoms with Gasteiger partial charge >= 0.3 is 0 Å². The van der Waals surface area contributed by atoms with Crippen LogP contribution in [0.4, 0.5) is 0 Å². The number of nitrogens with zero attached hydrogens (tertiary/aromatic N) is 4. The van der Waals surface area contributed by atoms with Crippen LogP contribution in [-0.4, -0.2) is 27.8 Å². The first-order valence-corrected chi connectivity index (χ1v) is 9.38. The van der Waals surface area contributed by atoms with Crippen molar-refractivity contribution >= 4 is 28.4 Å². The normalized spacial score (nSPS) is 15.5. The van der Waals surface area contributed by atoms with Crippen molar-refractivity contribution in [3.05, 3.63) is 40.8 Å². The molecule has 1 aliphatic carbocycles. The number of aryl methyl sites for hydroxylation is 2. The lowest BCUT2D eigenvalue weighted by molar-refractivity contribution is 0.212. The average molecular weight is 356 g/mol. The molecule has 4 rings (SSSR count). The van der Waals surface area contributed by atoms with Crippen LogP contribution < -0.4 is 0 Å². The zero-order valence-electron chi connectivity index (χ0n) is 13.4. The van der Waals surface area contributed by atoms with Gasteiger partial charge in [-0.1, -0.05) is 5.16 Å². The molecule has 0 unspecified atom stereocenters. The molecule has 0 spiro atoms. The number of rotatable bonds is 3. The van der Waals surface area contributed by atoms with Crippen molar-refractivity contribution in [3.8, 4) is 20.5 Å². The molecule has 7 heteroatoms. The van der Waals surface area contributed by atoms with Gasteiger partial charge in [-0.25, -0.2) is 9.97 Å². The molecule has 0 saturated heterocycles. The highest BCUT2D eigenvalue weighted by molar-refractivity contribution is 7.23. The summed E-state index contributed by atoms with van der Waals surface area (Å²) in [5, 5.41) is 6.15. The van der Waals surface area contributed by atoms with Crippen molar-refractivity contribution in [2.24, 2.45) is 5.16 Å². The summed E-state index contributed by atoms with van der Waals surface area (Å²) in [6.07, 6.45) is 6.70. The fraction of sp³-hybridized carbons (Fsp3) is 0.294. The van der Waals surface area contributed by atoms with Gasteiger partial charge < -0.3 is 4.84 Å². The predicted octanol–water partition coefficient (Wildman–Crippen LogP) is 4.32. The largest absolute Gasteiger partial charge is 0.399 e. The second-order valence-corrected chi connectivity index (χ2v) is 7.62. The Labute approximate surface area is 148 Å². The summed E-state index contributed by atoms with van der Waals surface area (Å²) in [4.78, 5) is 21.1. The van der Waals surface area contributed by atoms with Gasteiger partial charge in [0.2, 0.25) is 0 Å². The summed E-state index contributed by atoms with van der Waals surface area (Å²) in [6.45, 7) is 2.04. The molecule has 122 valence electrons. The fourth-order valence-corrected chi connectivity index (χ4v) is 5.09. The van der Waals surface area contributed by atoms with Crippen molar-refractivity contribution in [1.29, 1.82) is 0 Å². The summed E-state index contributed by atoms with van der Waals surface area (Å²) in [7, 11) is 1.59. The predicted molar refractivity (Wildman–Crippen MR) is 97.7 cm³/mol. The van der Waals surface area contributed by atoms with Crippen LogP contribution in [0.15, 0.2) is 29.7 Å². The van der Waals surface area contributed by atoms with Crippen LogP contribution in [0.1, 0.15) is 29.1 Å². The first-order chi connectivity index (χ1) is 11.8. The second kappa shape index (κ2) is 6.41. The second-order valence-electron chi connectivity index (χ2n) is 5.54. The van der Waals surface area contributed by atoms with Crippen molar-refractivity contribution in [1.82, 2.24) is 15.0 Å². The van der Waals surface area contributed by atoms with Crippen molar-refractivity contribution in [2.45, 2.75) is 26.2 Å². The fourth-order valence-electron chi connectivity index (χ4n) is 2.79. The molecule has 0 aliphatic heterocycles. The minimum atomic E-state index is 0.923. The van der Waals surface area contributed by atoms with E-state index in [4.69, 9.17) is 14.8 Å². The van der Waals surface area contributed by atoms with Gasteiger partial charge in [0.25, 0.3) is 0 Å². The summed E-state index contributed by atoms with van der Waals surface area (Å²) in [6, 6.07) is 3.96. The summed E-state index contributed by atoms with van der Waals surface area (Å²) < 4.78 is 0. The number of aromatic nitrogens is 3. The highest BCUT2D eigenvalue weighted by Crippen LogP contribution is 2.39. The molecule has 3 aromatic heterocycles. The van der Waals surface area contributed by atoms with Gasteiger partial charge in [0, 0.05) is 22.8 Å². The number of oxime groups is 1. The standard InChI is InChI=1S/C17H16N4OS2/c1-10-15(24-16(19-10)11-5-4-8-18-9-11)17-20-14-12(21-22-2)6-3-7-13(14)23-17/h4-5,8-9H,3,6-7H2,1-2H3. The van der Waals surface area contributed by atoms with E-state index in [1.165, 1.54) is 4.88 Å². The maximum absolute atomic E-state index is 4.97. The number of hydrogen-bond donors (Lipinski definition) is 0. The molecular weight excluding hydrogens is 340 g/mol. The number of hydrogen-bond acceptors (Lipinski definition) is 7. The molecule has 0 fully saturated rings. The molecule has 0 N–H and O–H groups in total. The zero-order chi connectivity index (χ0) is 16.5. The molecule has 0 radical (unpaired) electrons. The van der Waals surface area contributed by atoms with Gasteiger partial charge in [-0.05, 0) is 38.3 Å². The Hall–Kier alpha value is -2.12. The van der Waals surface area contributed by atoms with Crippen molar-refractivity contribution in [3.63, 3.8) is 0 Å².